The van der Waals surface area contributed by atoms with Crippen molar-refractivity contribution >= 4 is 5.69 Å². The van der Waals surface area contributed by atoms with Gasteiger partial charge in [-0.25, -0.2) is 8.78 Å². The van der Waals surface area contributed by atoms with Crippen molar-refractivity contribution in [1.29, 1.82) is 0 Å². The fraction of sp³-hybridized carbons (Fsp3) is 0.250. The van der Waals surface area contributed by atoms with Gasteiger partial charge in [-0.2, -0.15) is 0 Å². The maximum absolute atomic E-state index is 12.3. The maximum Gasteiger partial charge on any atom is 0.160 e. The molecule has 3 N–H and O–H groups in total. The van der Waals surface area contributed by atoms with Crippen LogP contribution in [-0.4, -0.2) is 0 Å². The van der Waals surface area contributed by atoms with Crippen molar-refractivity contribution in [2.24, 2.45) is 5.84 Å². The molecule has 1 aromatic carbocycles. The molecule has 0 aromatic heterocycles. The van der Waals surface area contributed by atoms with E-state index in [-0.39, 0.29) is 0 Å². The van der Waals surface area contributed by atoms with Crippen LogP contribution in [0.5, 0.6) is 0 Å². The number of hydrogen-bond acceptors (Lipinski definition) is 2. The lowest BCUT2D eigenvalue weighted by atomic mass is 10.3. The van der Waals surface area contributed by atoms with Gasteiger partial charge in [-0.15, -0.1) is 0 Å². The average Bonchev–Trinajstić information content (AvgIpc) is 2.13. The number of rotatable bonds is 1. The Kier molecular flexibility index (Phi) is 4.96. The molecular formula is C8H12F2N2. The van der Waals surface area contributed by atoms with Crippen molar-refractivity contribution in [3.63, 3.8) is 0 Å². The Morgan fingerprint density at radius 2 is 1.75 bits per heavy atom. The molecule has 4 heteroatoms. The summed E-state index contributed by atoms with van der Waals surface area (Å²) in [5.74, 6) is 3.15. The molecule has 12 heavy (non-hydrogen) atoms. The number of hydrazine groups is 1. The van der Waals surface area contributed by atoms with Crippen molar-refractivity contribution in [2.45, 2.75) is 13.8 Å². The van der Waals surface area contributed by atoms with Crippen molar-refractivity contribution in [2.75, 3.05) is 5.43 Å². The summed E-state index contributed by atoms with van der Waals surface area (Å²) in [6.45, 7) is 4.00. The van der Waals surface area contributed by atoms with E-state index in [1.807, 2.05) is 13.8 Å². The summed E-state index contributed by atoms with van der Waals surface area (Å²) in [7, 11) is 0. The first-order valence-electron chi connectivity index (χ1n) is 3.65. The molecule has 0 spiro atoms. The molecule has 0 saturated heterocycles. The smallest absolute Gasteiger partial charge is 0.160 e. The number of benzene rings is 1. The third-order valence-corrected chi connectivity index (χ3v) is 1.09. The van der Waals surface area contributed by atoms with Gasteiger partial charge in [0.25, 0.3) is 0 Å². The molecule has 0 saturated carbocycles. The lowest BCUT2D eigenvalue weighted by Crippen LogP contribution is -2.06. The third kappa shape index (κ3) is 2.84. The molecule has 2 nitrogen and oxygen atoms in total. The molecule has 68 valence electrons. The number of halogens is 2. The zero-order chi connectivity index (χ0) is 9.56. The van der Waals surface area contributed by atoms with E-state index in [0.29, 0.717) is 5.69 Å². The minimum atomic E-state index is -0.907. The van der Waals surface area contributed by atoms with Crippen LogP contribution in [0, 0.1) is 11.6 Å². The molecule has 0 aliphatic heterocycles. The molecule has 0 bridgehead atoms. The molecule has 0 unspecified atom stereocenters. The lowest BCUT2D eigenvalue weighted by molar-refractivity contribution is 0.509. The quantitative estimate of drug-likeness (QED) is 0.506. The summed E-state index contributed by atoms with van der Waals surface area (Å²) < 4.78 is 24.5. The van der Waals surface area contributed by atoms with Crippen LogP contribution in [0.15, 0.2) is 18.2 Å². The molecule has 0 amide bonds. The van der Waals surface area contributed by atoms with Crippen LogP contribution < -0.4 is 11.3 Å². The van der Waals surface area contributed by atoms with Gasteiger partial charge >= 0.3 is 0 Å². The summed E-state index contributed by atoms with van der Waals surface area (Å²) in [5.41, 5.74) is 2.53. The Morgan fingerprint density at radius 3 is 2.17 bits per heavy atom. The summed E-state index contributed by atoms with van der Waals surface area (Å²) in [6.07, 6.45) is 0. The van der Waals surface area contributed by atoms with Crippen LogP contribution in [-0.2, 0) is 0 Å². The number of nitrogens with two attached hydrogens (primary N) is 1. The number of anilines is 1. The molecule has 0 fully saturated rings. The van der Waals surface area contributed by atoms with E-state index in [2.05, 4.69) is 5.43 Å². The SMILES string of the molecule is CC.NNc1ccc(F)c(F)c1. The van der Waals surface area contributed by atoms with Gasteiger partial charge in [-0.05, 0) is 12.1 Å². The summed E-state index contributed by atoms with van der Waals surface area (Å²) in [6, 6.07) is 3.33. The van der Waals surface area contributed by atoms with Crippen molar-refractivity contribution < 1.29 is 8.78 Å². The van der Waals surface area contributed by atoms with E-state index in [1.165, 1.54) is 6.07 Å². The Labute approximate surface area is 70.4 Å². The first-order valence-corrected chi connectivity index (χ1v) is 3.65. The van der Waals surface area contributed by atoms with E-state index in [1.54, 1.807) is 0 Å². The highest BCUT2D eigenvalue weighted by atomic mass is 19.2. The predicted octanol–water partition coefficient (Wildman–Crippen LogP) is 2.28. The molecule has 0 radical (unpaired) electrons. The van der Waals surface area contributed by atoms with Crippen molar-refractivity contribution in [3.05, 3.63) is 29.8 Å². The van der Waals surface area contributed by atoms with Gasteiger partial charge in [0.05, 0.1) is 5.69 Å². The maximum atomic E-state index is 12.3. The second kappa shape index (κ2) is 5.49. The highest BCUT2D eigenvalue weighted by molar-refractivity contribution is 5.41. The van der Waals surface area contributed by atoms with Gasteiger partial charge in [0, 0.05) is 6.07 Å². The number of hydrogen-bond donors (Lipinski definition) is 2. The van der Waals surface area contributed by atoms with E-state index in [9.17, 15) is 8.78 Å². The third-order valence-electron chi connectivity index (χ3n) is 1.09. The van der Waals surface area contributed by atoms with Crippen LogP contribution in [0.1, 0.15) is 13.8 Å². The second-order valence-corrected chi connectivity index (χ2v) is 1.77. The van der Waals surface area contributed by atoms with Gasteiger partial charge in [0.2, 0.25) is 0 Å². The van der Waals surface area contributed by atoms with Gasteiger partial charge in [0.15, 0.2) is 11.6 Å². The zero-order valence-corrected chi connectivity index (χ0v) is 7.07. The van der Waals surface area contributed by atoms with Gasteiger partial charge in [-0.3, -0.25) is 5.84 Å². The van der Waals surface area contributed by atoms with Crippen molar-refractivity contribution in [1.82, 2.24) is 0 Å². The summed E-state index contributed by atoms with van der Waals surface area (Å²) in [4.78, 5) is 0. The molecule has 0 atom stereocenters. The highest BCUT2D eigenvalue weighted by Gasteiger charge is 1.99. The van der Waals surface area contributed by atoms with E-state index < -0.39 is 11.6 Å². The Morgan fingerprint density at radius 1 is 1.17 bits per heavy atom. The molecule has 0 aliphatic carbocycles. The fourth-order valence-corrected chi connectivity index (χ4v) is 0.586. The highest BCUT2D eigenvalue weighted by Crippen LogP contribution is 2.10. The van der Waals surface area contributed by atoms with Gasteiger partial charge in [-0.1, -0.05) is 13.8 Å². The lowest BCUT2D eigenvalue weighted by Gasteiger charge is -1.98. The van der Waals surface area contributed by atoms with Crippen molar-refractivity contribution in [3.8, 4) is 0 Å². The minimum Gasteiger partial charge on any atom is -0.324 e. The average molecular weight is 174 g/mol. The molecule has 0 heterocycles. The second-order valence-electron chi connectivity index (χ2n) is 1.77. The predicted molar refractivity (Wildman–Crippen MR) is 45.5 cm³/mol. The van der Waals surface area contributed by atoms with E-state index in [4.69, 9.17) is 5.84 Å². The zero-order valence-electron chi connectivity index (χ0n) is 7.07. The van der Waals surface area contributed by atoms with Gasteiger partial charge in [0.1, 0.15) is 0 Å². The normalized spacial score (nSPS) is 8.42. The minimum absolute atomic E-state index is 0.346. The Hall–Kier alpha value is -1.16. The molecule has 1 aromatic rings. The van der Waals surface area contributed by atoms with E-state index >= 15 is 0 Å². The van der Waals surface area contributed by atoms with Gasteiger partial charge < -0.3 is 5.43 Å². The Bertz CT molecular complexity index is 238. The molecule has 1 rings (SSSR count). The monoisotopic (exact) mass is 174 g/mol. The van der Waals surface area contributed by atoms with E-state index in [0.717, 1.165) is 12.1 Å². The fourth-order valence-electron chi connectivity index (χ4n) is 0.586. The standard InChI is InChI=1S/C6H6F2N2.C2H6/c7-5-2-1-4(10-9)3-6(5)8;1-2/h1-3,10H,9H2;1-2H3. The van der Waals surface area contributed by atoms with Crippen LogP contribution in [0.4, 0.5) is 14.5 Å². The number of nitrogens with one attached hydrogen (secondary N) is 1. The first kappa shape index (κ1) is 10.8. The topological polar surface area (TPSA) is 38.0 Å². The van der Waals surface area contributed by atoms with Crippen LogP contribution in [0.25, 0.3) is 0 Å². The largest absolute Gasteiger partial charge is 0.324 e. The first-order chi connectivity index (χ1) is 5.74. The van der Waals surface area contributed by atoms with Crippen LogP contribution >= 0.6 is 0 Å². The summed E-state index contributed by atoms with van der Waals surface area (Å²) >= 11 is 0. The molecule has 0 aliphatic rings. The summed E-state index contributed by atoms with van der Waals surface area (Å²) in [5, 5.41) is 0. The molecular weight excluding hydrogens is 162 g/mol. The number of nitrogen functional groups attached to an aromatic ring is 1. The van der Waals surface area contributed by atoms with Crippen LogP contribution in [0.3, 0.4) is 0 Å². The Balaban J connectivity index is 0.000000561. The van der Waals surface area contributed by atoms with Crippen LogP contribution in [0.2, 0.25) is 0 Å².